The Bertz CT molecular complexity index is 408. The van der Waals surface area contributed by atoms with Gasteiger partial charge in [-0.3, -0.25) is 4.79 Å². The summed E-state index contributed by atoms with van der Waals surface area (Å²) >= 11 is 1.32. The molecule has 0 aliphatic carbocycles. The quantitative estimate of drug-likeness (QED) is 0.876. The summed E-state index contributed by atoms with van der Waals surface area (Å²) in [6.45, 7) is 0. The largest absolute Gasteiger partial charge is 0.489 e. The van der Waals surface area contributed by atoms with Gasteiger partial charge in [-0.1, -0.05) is 0 Å². The smallest absolute Gasteiger partial charge is 0.313 e. The second-order valence-electron chi connectivity index (χ2n) is 3.60. The van der Waals surface area contributed by atoms with Gasteiger partial charge in [0.25, 0.3) is 0 Å². The van der Waals surface area contributed by atoms with Crippen molar-refractivity contribution in [3.8, 4) is 5.75 Å². The van der Waals surface area contributed by atoms with Crippen molar-refractivity contribution in [1.29, 1.82) is 0 Å². The van der Waals surface area contributed by atoms with E-state index in [1.54, 1.807) is 6.07 Å². The summed E-state index contributed by atoms with van der Waals surface area (Å²) in [5.41, 5.74) is 0.862. The normalized spacial score (nSPS) is 17.9. The topological polar surface area (TPSA) is 46.5 Å². The Hall–Kier alpha value is -1.23. The van der Waals surface area contributed by atoms with Crippen LogP contribution in [0.4, 0.5) is 4.39 Å². The van der Waals surface area contributed by atoms with Crippen molar-refractivity contribution in [1.82, 2.24) is 0 Å². The first-order chi connectivity index (χ1) is 7.65. The first-order valence-electron chi connectivity index (χ1n) is 4.90. The Kier molecular flexibility index (Phi) is 3.33. The van der Waals surface area contributed by atoms with Crippen LogP contribution in [0, 0.1) is 5.82 Å². The number of carboxylic acids is 1. The third kappa shape index (κ3) is 2.66. The van der Waals surface area contributed by atoms with Gasteiger partial charge in [0.1, 0.15) is 17.7 Å². The summed E-state index contributed by atoms with van der Waals surface area (Å²) in [5.74, 6) is 0.308. The van der Waals surface area contributed by atoms with Crippen molar-refractivity contribution in [3.05, 3.63) is 29.6 Å². The molecule has 0 amide bonds. The van der Waals surface area contributed by atoms with Crippen molar-refractivity contribution in [2.75, 3.05) is 11.5 Å². The van der Waals surface area contributed by atoms with Gasteiger partial charge in [0.05, 0.1) is 5.75 Å². The maximum Gasteiger partial charge on any atom is 0.313 e. The van der Waals surface area contributed by atoms with Gasteiger partial charge in [-0.15, -0.1) is 11.8 Å². The minimum atomic E-state index is -0.827. The third-order valence-corrected chi connectivity index (χ3v) is 3.35. The van der Waals surface area contributed by atoms with Crippen LogP contribution < -0.4 is 4.74 Å². The first-order valence-corrected chi connectivity index (χ1v) is 6.05. The van der Waals surface area contributed by atoms with Gasteiger partial charge < -0.3 is 9.84 Å². The molecule has 1 aromatic carbocycles. The lowest BCUT2D eigenvalue weighted by molar-refractivity contribution is -0.133. The highest BCUT2D eigenvalue weighted by Crippen LogP contribution is 2.30. The van der Waals surface area contributed by atoms with E-state index in [2.05, 4.69) is 0 Å². The monoisotopic (exact) mass is 242 g/mol. The highest BCUT2D eigenvalue weighted by Gasteiger charge is 2.23. The number of fused-ring (bicyclic) bond motifs is 1. The van der Waals surface area contributed by atoms with Crippen molar-refractivity contribution in [2.45, 2.75) is 12.5 Å². The highest BCUT2D eigenvalue weighted by atomic mass is 32.2. The maximum atomic E-state index is 12.9. The zero-order chi connectivity index (χ0) is 11.5. The van der Waals surface area contributed by atoms with Crippen LogP contribution in [0.15, 0.2) is 18.2 Å². The van der Waals surface area contributed by atoms with Crippen LogP contribution in [0.3, 0.4) is 0 Å². The van der Waals surface area contributed by atoms with Gasteiger partial charge >= 0.3 is 5.97 Å². The molecular formula is C11H11FO3S. The molecule has 0 aromatic heterocycles. The molecule has 0 radical (unpaired) electrons. The molecule has 1 aromatic rings. The van der Waals surface area contributed by atoms with E-state index in [4.69, 9.17) is 9.84 Å². The first kappa shape index (κ1) is 11.3. The number of hydrogen-bond donors (Lipinski definition) is 1. The fraction of sp³-hybridized carbons (Fsp3) is 0.364. The third-order valence-electron chi connectivity index (χ3n) is 2.29. The van der Waals surface area contributed by atoms with E-state index in [1.165, 1.54) is 23.9 Å². The minimum Gasteiger partial charge on any atom is -0.489 e. The number of ether oxygens (including phenoxy) is 1. The van der Waals surface area contributed by atoms with Crippen LogP contribution in [0.25, 0.3) is 0 Å². The summed E-state index contributed by atoms with van der Waals surface area (Å²) in [7, 11) is 0. The van der Waals surface area contributed by atoms with Gasteiger partial charge in [0.15, 0.2) is 0 Å². The van der Waals surface area contributed by atoms with Crippen molar-refractivity contribution in [2.24, 2.45) is 0 Å². The lowest BCUT2D eigenvalue weighted by Gasteiger charge is -2.08. The average Bonchev–Trinajstić information content (AvgIpc) is 2.58. The van der Waals surface area contributed by atoms with Gasteiger partial charge in [0, 0.05) is 17.7 Å². The van der Waals surface area contributed by atoms with E-state index in [1.807, 2.05) is 0 Å². The standard InChI is InChI=1S/C11H11FO3S/c12-8-1-2-10-7(3-8)4-9(15-10)5-16-6-11(13)14/h1-3,9H,4-6H2,(H,13,14). The van der Waals surface area contributed by atoms with E-state index in [9.17, 15) is 9.18 Å². The van der Waals surface area contributed by atoms with E-state index < -0.39 is 5.97 Å². The number of benzene rings is 1. The second kappa shape index (κ2) is 4.74. The molecule has 3 nitrogen and oxygen atoms in total. The maximum absolute atomic E-state index is 12.9. The van der Waals surface area contributed by atoms with Crippen molar-refractivity contribution >= 4 is 17.7 Å². The van der Waals surface area contributed by atoms with Crippen LogP contribution in [0.5, 0.6) is 5.75 Å². The number of halogens is 1. The molecule has 1 atom stereocenters. The highest BCUT2D eigenvalue weighted by molar-refractivity contribution is 7.99. The summed E-state index contributed by atoms with van der Waals surface area (Å²) in [6, 6.07) is 4.45. The molecule has 0 saturated heterocycles. The number of rotatable bonds is 4. The number of thioether (sulfide) groups is 1. The van der Waals surface area contributed by atoms with Crippen LogP contribution in [0.2, 0.25) is 0 Å². The zero-order valence-corrected chi connectivity index (χ0v) is 9.30. The molecule has 1 heterocycles. The molecule has 1 N–H and O–H groups in total. The minimum absolute atomic E-state index is 0.0406. The van der Waals surface area contributed by atoms with E-state index >= 15 is 0 Å². The Morgan fingerprint density at radius 1 is 1.62 bits per heavy atom. The number of aliphatic carboxylic acids is 1. The van der Waals surface area contributed by atoms with Crippen LogP contribution in [0.1, 0.15) is 5.56 Å². The molecule has 0 fully saturated rings. The summed E-state index contributed by atoms with van der Waals surface area (Å²) in [5, 5.41) is 8.49. The summed E-state index contributed by atoms with van der Waals surface area (Å²) in [6.07, 6.45) is 0.612. The Balaban J connectivity index is 1.88. The SMILES string of the molecule is O=C(O)CSCC1Cc2cc(F)ccc2O1. The molecule has 5 heteroatoms. The van der Waals surface area contributed by atoms with Gasteiger partial charge in [-0.25, -0.2) is 4.39 Å². The molecular weight excluding hydrogens is 231 g/mol. The van der Waals surface area contributed by atoms with E-state index in [-0.39, 0.29) is 17.7 Å². The predicted molar refractivity (Wildman–Crippen MR) is 59.5 cm³/mol. The molecule has 0 spiro atoms. The van der Waals surface area contributed by atoms with Crippen molar-refractivity contribution in [3.63, 3.8) is 0 Å². The lowest BCUT2D eigenvalue weighted by atomic mass is 10.1. The Morgan fingerprint density at radius 2 is 2.44 bits per heavy atom. The Morgan fingerprint density at radius 3 is 3.19 bits per heavy atom. The lowest BCUT2D eigenvalue weighted by Crippen LogP contribution is -2.17. The summed E-state index contributed by atoms with van der Waals surface area (Å²) < 4.78 is 18.5. The number of carboxylic acid groups (broad SMARTS) is 1. The fourth-order valence-electron chi connectivity index (χ4n) is 1.66. The van der Waals surface area contributed by atoms with Crippen molar-refractivity contribution < 1.29 is 19.0 Å². The molecule has 0 saturated carbocycles. The van der Waals surface area contributed by atoms with Gasteiger partial charge in [-0.2, -0.15) is 0 Å². The Labute approximate surface area is 96.6 Å². The predicted octanol–water partition coefficient (Wildman–Crippen LogP) is 1.95. The molecule has 16 heavy (non-hydrogen) atoms. The molecule has 86 valence electrons. The zero-order valence-electron chi connectivity index (χ0n) is 8.48. The molecule has 1 unspecified atom stereocenters. The molecule has 1 aliphatic rings. The van der Waals surface area contributed by atoms with Gasteiger partial charge in [-0.05, 0) is 18.2 Å². The second-order valence-corrected chi connectivity index (χ2v) is 4.64. The molecule has 2 rings (SSSR count). The fourth-order valence-corrected chi connectivity index (χ4v) is 2.40. The van der Waals surface area contributed by atoms with Crippen LogP contribution in [-0.2, 0) is 11.2 Å². The number of hydrogen-bond acceptors (Lipinski definition) is 3. The molecule has 0 bridgehead atoms. The van der Waals surface area contributed by atoms with Gasteiger partial charge in [0.2, 0.25) is 0 Å². The number of carbonyl (C=O) groups is 1. The molecule has 1 aliphatic heterocycles. The van der Waals surface area contributed by atoms with E-state index in [0.717, 1.165) is 5.56 Å². The van der Waals surface area contributed by atoms with Crippen LogP contribution in [-0.4, -0.2) is 28.7 Å². The van der Waals surface area contributed by atoms with Crippen LogP contribution >= 0.6 is 11.8 Å². The van der Waals surface area contributed by atoms with E-state index in [0.29, 0.717) is 17.9 Å². The summed E-state index contributed by atoms with van der Waals surface area (Å²) in [4.78, 5) is 10.3. The average molecular weight is 242 g/mol.